The first kappa shape index (κ1) is 25.9. The number of carbonyl (C=O) groups excluding carboxylic acids is 1. The number of para-hydroxylation sites is 1. The van der Waals surface area contributed by atoms with Crippen molar-refractivity contribution in [3.05, 3.63) is 83.7 Å². The second-order valence-electron chi connectivity index (χ2n) is 9.85. The van der Waals surface area contributed by atoms with Gasteiger partial charge in [-0.15, -0.1) is 0 Å². The van der Waals surface area contributed by atoms with Crippen LogP contribution in [0.15, 0.2) is 73.1 Å². The van der Waals surface area contributed by atoms with E-state index in [9.17, 15) is 4.79 Å². The zero-order valence-electron chi connectivity index (χ0n) is 21.6. The number of fused-ring (bicyclic) bond motifs is 1. The van der Waals surface area contributed by atoms with Gasteiger partial charge in [0.25, 0.3) is 0 Å². The van der Waals surface area contributed by atoms with Gasteiger partial charge in [0.15, 0.2) is 0 Å². The SMILES string of the molecule is CN(C)C/C=C/C(=O)Nc1ccc(CN2CC[C@@H](Nc3ncc(Cl)c(-c4c[nH]c5ccccc45)n3)C2)cc1. The van der Waals surface area contributed by atoms with Crippen LogP contribution in [0.4, 0.5) is 11.6 Å². The number of likely N-dealkylation sites (N-methyl/N-ethyl adjacent to an activating group) is 1. The van der Waals surface area contributed by atoms with Gasteiger partial charge in [-0.2, -0.15) is 0 Å². The van der Waals surface area contributed by atoms with Crippen LogP contribution in [0.25, 0.3) is 22.2 Å². The highest BCUT2D eigenvalue weighted by molar-refractivity contribution is 6.33. The molecule has 0 radical (unpaired) electrons. The van der Waals surface area contributed by atoms with Crippen molar-refractivity contribution in [3.63, 3.8) is 0 Å². The highest BCUT2D eigenvalue weighted by Gasteiger charge is 2.23. The Bertz CT molecular complexity index is 1430. The van der Waals surface area contributed by atoms with Crippen molar-refractivity contribution in [1.82, 2.24) is 24.8 Å². The van der Waals surface area contributed by atoms with Gasteiger partial charge in [0.2, 0.25) is 11.9 Å². The molecule has 0 saturated carbocycles. The van der Waals surface area contributed by atoms with Crippen LogP contribution in [0, 0.1) is 0 Å². The molecule has 0 bridgehead atoms. The molecule has 0 aliphatic carbocycles. The van der Waals surface area contributed by atoms with Crippen molar-refractivity contribution in [1.29, 1.82) is 0 Å². The first-order valence-corrected chi connectivity index (χ1v) is 13.1. The summed E-state index contributed by atoms with van der Waals surface area (Å²) in [4.78, 5) is 29.0. The number of carbonyl (C=O) groups is 1. The maximum Gasteiger partial charge on any atom is 0.248 e. The van der Waals surface area contributed by atoms with E-state index < -0.39 is 0 Å². The smallest absolute Gasteiger partial charge is 0.248 e. The number of likely N-dealkylation sites (tertiary alicyclic amines) is 1. The van der Waals surface area contributed by atoms with E-state index in [1.165, 1.54) is 5.56 Å². The Hall–Kier alpha value is -3.72. The lowest BCUT2D eigenvalue weighted by atomic mass is 10.1. The molecule has 1 amide bonds. The van der Waals surface area contributed by atoms with Gasteiger partial charge < -0.3 is 20.5 Å². The number of halogens is 1. The van der Waals surface area contributed by atoms with Gasteiger partial charge in [-0.05, 0) is 44.3 Å². The summed E-state index contributed by atoms with van der Waals surface area (Å²) in [5, 5.41) is 8.01. The zero-order chi connectivity index (χ0) is 26.5. The van der Waals surface area contributed by atoms with Crippen molar-refractivity contribution in [3.8, 4) is 11.3 Å². The summed E-state index contributed by atoms with van der Waals surface area (Å²) in [6, 6.07) is 16.4. The minimum Gasteiger partial charge on any atom is -0.360 e. The van der Waals surface area contributed by atoms with Crippen LogP contribution in [-0.4, -0.2) is 70.4 Å². The fourth-order valence-corrected chi connectivity index (χ4v) is 4.87. The molecule has 5 rings (SSSR count). The number of aromatic nitrogens is 3. The van der Waals surface area contributed by atoms with E-state index in [1.54, 1.807) is 12.3 Å². The van der Waals surface area contributed by atoms with Gasteiger partial charge in [0, 0.05) is 66.6 Å². The summed E-state index contributed by atoms with van der Waals surface area (Å²) < 4.78 is 0. The number of nitrogens with one attached hydrogen (secondary N) is 3. The third-order valence-electron chi connectivity index (χ3n) is 6.56. The van der Waals surface area contributed by atoms with Crippen molar-refractivity contribution < 1.29 is 4.79 Å². The summed E-state index contributed by atoms with van der Waals surface area (Å²) in [6.45, 7) is 3.45. The van der Waals surface area contributed by atoms with E-state index in [0.717, 1.165) is 60.4 Å². The predicted octanol–water partition coefficient (Wildman–Crippen LogP) is 5.02. The molecule has 0 spiro atoms. The Labute approximate surface area is 227 Å². The molecule has 1 saturated heterocycles. The number of rotatable bonds is 9. The van der Waals surface area contributed by atoms with E-state index in [1.807, 2.05) is 61.6 Å². The number of hydrogen-bond donors (Lipinski definition) is 3. The Morgan fingerprint density at radius 2 is 2.03 bits per heavy atom. The minimum atomic E-state index is -0.120. The van der Waals surface area contributed by atoms with E-state index in [4.69, 9.17) is 16.6 Å². The quantitative estimate of drug-likeness (QED) is 0.264. The van der Waals surface area contributed by atoms with Gasteiger partial charge in [-0.25, -0.2) is 9.97 Å². The molecule has 1 aliphatic rings. The third-order valence-corrected chi connectivity index (χ3v) is 6.84. The molecule has 8 nitrogen and oxygen atoms in total. The first-order chi connectivity index (χ1) is 18.4. The molecule has 9 heteroatoms. The summed E-state index contributed by atoms with van der Waals surface area (Å²) in [5.41, 5.74) is 4.73. The Kier molecular flexibility index (Phi) is 8.03. The molecule has 2 aromatic carbocycles. The number of H-pyrrole nitrogens is 1. The third kappa shape index (κ3) is 6.39. The molecule has 1 atom stereocenters. The van der Waals surface area contributed by atoms with Crippen LogP contribution in [0.5, 0.6) is 0 Å². The van der Waals surface area contributed by atoms with Crippen LogP contribution in [0.2, 0.25) is 5.02 Å². The van der Waals surface area contributed by atoms with E-state index in [2.05, 4.69) is 43.7 Å². The van der Waals surface area contributed by atoms with Gasteiger partial charge in [-0.3, -0.25) is 9.69 Å². The monoisotopic (exact) mass is 529 g/mol. The van der Waals surface area contributed by atoms with Crippen molar-refractivity contribution in [2.24, 2.45) is 0 Å². The summed E-state index contributed by atoms with van der Waals surface area (Å²) in [7, 11) is 3.93. The average molecular weight is 530 g/mol. The Morgan fingerprint density at radius 3 is 2.84 bits per heavy atom. The van der Waals surface area contributed by atoms with Crippen molar-refractivity contribution >= 4 is 40.0 Å². The molecule has 1 fully saturated rings. The Balaban J connectivity index is 1.16. The second kappa shape index (κ2) is 11.8. The zero-order valence-corrected chi connectivity index (χ0v) is 22.4. The van der Waals surface area contributed by atoms with Gasteiger partial charge in [0.05, 0.1) is 16.9 Å². The minimum absolute atomic E-state index is 0.120. The lowest BCUT2D eigenvalue weighted by molar-refractivity contribution is -0.111. The highest BCUT2D eigenvalue weighted by Crippen LogP contribution is 2.32. The van der Waals surface area contributed by atoms with Crippen LogP contribution in [0.3, 0.4) is 0 Å². The lowest BCUT2D eigenvalue weighted by Gasteiger charge is -2.17. The van der Waals surface area contributed by atoms with Crippen molar-refractivity contribution in [2.45, 2.75) is 19.0 Å². The molecular weight excluding hydrogens is 498 g/mol. The van der Waals surface area contributed by atoms with E-state index in [-0.39, 0.29) is 11.9 Å². The number of aromatic amines is 1. The number of benzene rings is 2. The number of nitrogens with zero attached hydrogens (tertiary/aromatic N) is 4. The van der Waals surface area contributed by atoms with Crippen molar-refractivity contribution in [2.75, 3.05) is 44.4 Å². The van der Waals surface area contributed by atoms with Gasteiger partial charge >= 0.3 is 0 Å². The van der Waals surface area contributed by atoms with Gasteiger partial charge in [-0.1, -0.05) is 48.0 Å². The molecule has 0 unspecified atom stereocenters. The molecule has 1 aliphatic heterocycles. The molecule has 196 valence electrons. The Morgan fingerprint density at radius 1 is 1.21 bits per heavy atom. The molecule has 3 N–H and O–H groups in total. The highest BCUT2D eigenvalue weighted by atomic mass is 35.5. The largest absolute Gasteiger partial charge is 0.360 e. The average Bonchev–Trinajstić information content (AvgIpc) is 3.53. The summed E-state index contributed by atoms with van der Waals surface area (Å²) in [5.74, 6) is 0.464. The lowest BCUT2D eigenvalue weighted by Crippen LogP contribution is -2.26. The molecule has 3 heterocycles. The normalized spacial score (nSPS) is 16.1. The van der Waals surface area contributed by atoms with Crippen LogP contribution in [0.1, 0.15) is 12.0 Å². The van der Waals surface area contributed by atoms with E-state index >= 15 is 0 Å². The maximum absolute atomic E-state index is 12.1. The van der Waals surface area contributed by atoms with Crippen LogP contribution < -0.4 is 10.6 Å². The predicted molar refractivity (Wildman–Crippen MR) is 154 cm³/mol. The summed E-state index contributed by atoms with van der Waals surface area (Å²) in [6.07, 6.45) is 8.03. The fourth-order valence-electron chi connectivity index (χ4n) is 4.68. The van der Waals surface area contributed by atoms with E-state index in [0.29, 0.717) is 11.0 Å². The van der Waals surface area contributed by atoms with Crippen LogP contribution >= 0.6 is 11.6 Å². The number of hydrogen-bond acceptors (Lipinski definition) is 6. The fraction of sp³-hybridized carbons (Fsp3) is 0.276. The van der Waals surface area contributed by atoms with Crippen LogP contribution in [-0.2, 0) is 11.3 Å². The number of anilines is 2. The molecular formula is C29H32ClN7O. The maximum atomic E-state index is 12.1. The topological polar surface area (TPSA) is 89.2 Å². The molecule has 38 heavy (non-hydrogen) atoms. The first-order valence-electron chi connectivity index (χ1n) is 12.7. The second-order valence-corrected chi connectivity index (χ2v) is 10.3. The standard InChI is InChI=1S/C29H32ClN7O/c1-36(2)14-5-8-27(38)33-21-11-9-20(10-12-21)18-37-15-13-22(19-37)34-29-32-17-25(30)28(35-29)24-16-31-26-7-4-3-6-23(24)26/h3-12,16-17,22,31H,13-15,18-19H2,1-2H3,(H,33,38)(H,32,34,35)/b8-5+/t22-/m1/s1. The number of amides is 1. The van der Waals surface area contributed by atoms with Gasteiger partial charge in [0.1, 0.15) is 0 Å². The molecule has 2 aromatic heterocycles. The molecule has 4 aromatic rings. The summed E-state index contributed by atoms with van der Waals surface area (Å²) >= 11 is 6.49.